The van der Waals surface area contributed by atoms with Gasteiger partial charge in [0.15, 0.2) is 0 Å². The Morgan fingerprint density at radius 1 is 1.45 bits per heavy atom. The van der Waals surface area contributed by atoms with Crippen molar-refractivity contribution < 1.29 is 5.11 Å². The van der Waals surface area contributed by atoms with E-state index >= 15 is 0 Å². The van der Waals surface area contributed by atoms with Crippen molar-refractivity contribution in [2.75, 3.05) is 0 Å². The number of nitrogens with zero attached hydrogens (tertiary/aromatic N) is 3. The van der Waals surface area contributed by atoms with Crippen LogP contribution >= 0.6 is 0 Å². The van der Waals surface area contributed by atoms with Crippen molar-refractivity contribution >= 4 is 0 Å². The van der Waals surface area contributed by atoms with Crippen molar-refractivity contribution in [1.82, 2.24) is 14.8 Å². The molecule has 0 aliphatic rings. The SMILES string of the molecule is CCC(C)(O)Cn1cnnc1. The minimum Gasteiger partial charge on any atom is -0.388 e. The normalized spacial score (nSPS) is 16.3. The largest absolute Gasteiger partial charge is 0.388 e. The molecule has 0 amide bonds. The van der Waals surface area contributed by atoms with Gasteiger partial charge in [-0.25, -0.2) is 0 Å². The van der Waals surface area contributed by atoms with Gasteiger partial charge in [0, 0.05) is 0 Å². The smallest absolute Gasteiger partial charge is 0.119 e. The minimum absolute atomic E-state index is 0.552. The van der Waals surface area contributed by atoms with Gasteiger partial charge in [0.05, 0.1) is 12.1 Å². The maximum absolute atomic E-state index is 9.62. The number of aromatic nitrogens is 3. The van der Waals surface area contributed by atoms with Crippen LogP contribution in [0.5, 0.6) is 0 Å². The maximum atomic E-state index is 9.62. The van der Waals surface area contributed by atoms with Gasteiger partial charge in [-0.05, 0) is 13.3 Å². The Morgan fingerprint density at radius 3 is 2.45 bits per heavy atom. The molecule has 1 heterocycles. The van der Waals surface area contributed by atoms with Gasteiger partial charge in [-0.1, -0.05) is 6.92 Å². The summed E-state index contributed by atoms with van der Waals surface area (Å²) in [6.45, 7) is 4.30. The summed E-state index contributed by atoms with van der Waals surface area (Å²) in [4.78, 5) is 0. The molecule has 0 aliphatic carbocycles. The lowest BCUT2D eigenvalue weighted by atomic mass is 10.0. The van der Waals surface area contributed by atoms with Crippen LogP contribution in [-0.2, 0) is 6.54 Å². The van der Waals surface area contributed by atoms with Crippen molar-refractivity contribution in [2.24, 2.45) is 0 Å². The van der Waals surface area contributed by atoms with Crippen LogP contribution < -0.4 is 0 Å². The van der Waals surface area contributed by atoms with Crippen molar-refractivity contribution in [3.05, 3.63) is 12.7 Å². The van der Waals surface area contributed by atoms with Crippen molar-refractivity contribution in [1.29, 1.82) is 0 Å². The van der Waals surface area contributed by atoms with E-state index < -0.39 is 5.60 Å². The highest BCUT2D eigenvalue weighted by atomic mass is 16.3. The molecule has 0 saturated heterocycles. The fraction of sp³-hybridized carbons (Fsp3) is 0.714. The molecule has 0 radical (unpaired) electrons. The number of rotatable bonds is 3. The molecule has 0 saturated carbocycles. The van der Waals surface area contributed by atoms with Crippen LogP contribution in [0.4, 0.5) is 0 Å². The summed E-state index contributed by atoms with van der Waals surface area (Å²) in [5.41, 5.74) is -0.650. The average molecular weight is 155 g/mol. The predicted molar refractivity (Wildman–Crippen MR) is 40.9 cm³/mol. The van der Waals surface area contributed by atoms with Gasteiger partial charge in [0.1, 0.15) is 12.7 Å². The molecule has 0 spiro atoms. The number of hydrogen-bond donors (Lipinski definition) is 1. The molecular weight excluding hydrogens is 142 g/mol. The van der Waals surface area contributed by atoms with Crippen molar-refractivity contribution in [3.63, 3.8) is 0 Å². The van der Waals surface area contributed by atoms with Crippen LogP contribution in [0.15, 0.2) is 12.7 Å². The third kappa shape index (κ3) is 2.31. The highest BCUT2D eigenvalue weighted by Gasteiger charge is 2.17. The van der Waals surface area contributed by atoms with Gasteiger partial charge in [-0.3, -0.25) is 0 Å². The third-order valence-electron chi connectivity index (χ3n) is 1.75. The summed E-state index contributed by atoms with van der Waals surface area (Å²) < 4.78 is 1.77. The number of aliphatic hydroxyl groups is 1. The second kappa shape index (κ2) is 3.00. The minimum atomic E-state index is -0.650. The molecule has 1 atom stereocenters. The lowest BCUT2D eigenvalue weighted by molar-refractivity contribution is 0.0378. The predicted octanol–water partition coefficient (Wildman–Crippen LogP) is 0.439. The zero-order valence-corrected chi connectivity index (χ0v) is 6.86. The lowest BCUT2D eigenvalue weighted by Gasteiger charge is -2.20. The Hall–Kier alpha value is -0.900. The summed E-state index contributed by atoms with van der Waals surface area (Å²) in [6.07, 6.45) is 3.93. The van der Waals surface area contributed by atoms with Crippen LogP contribution in [0.25, 0.3) is 0 Å². The van der Waals surface area contributed by atoms with Gasteiger partial charge in [-0.2, -0.15) is 0 Å². The Balaban J connectivity index is 2.56. The van der Waals surface area contributed by atoms with Crippen LogP contribution in [0, 0.1) is 0 Å². The molecule has 1 unspecified atom stereocenters. The number of hydrogen-bond acceptors (Lipinski definition) is 3. The van der Waals surface area contributed by atoms with E-state index in [0.717, 1.165) is 6.42 Å². The summed E-state index contributed by atoms with van der Waals surface area (Å²) in [5.74, 6) is 0. The zero-order valence-electron chi connectivity index (χ0n) is 6.86. The molecule has 0 bridgehead atoms. The van der Waals surface area contributed by atoms with Gasteiger partial charge in [0.2, 0.25) is 0 Å². The summed E-state index contributed by atoms with van der Waals surface area (Å²) in [7, 11) is 0. The van der Waals surface area contributed by atoms with E-state index in [9.17, 15) is 5.11 Å². The molecule has 0 aromatic carbocycles. The van der Waals surface area contributed by atoms with Crippen LogP contribution in [0.2, 0.25) is 0 Å². The van der Waals surface area contributed by atoms with E-state index in [2.05, 4.69) is 10.2 Å². The Kier molecular flexibility index (Phi) is 2.24. The van der Waals surface area contributed by atoms with Crippen LogP contribution in [-0.4, -0.2) is 25.5 Å². The summed E-state index contributed by atoms with van der Waals surface area (Å²) in [6, 6.07) is 0. The zero-order chi connectivity index (χ0) is 8.32. The molecule has 4 heteroatoms. The molecule has 11 heavy (non-hydrogen) atoms. The topological polar surface area (TPSA) is 50.9 Å². The quantitative estimate of drug-likeness (QED) is 0.689. The first kappa shape index (κ1) is 8.20. The monoisotopic (exact) mass is 155 g/mol. The molecule has 1 aromatic heterocycles. The fourth-order valence-electron chi connectivity index (χ4n) is 0.809. The summed E-state index contributed by atoms with van der Waals surface area (Å²) >= 11 is 0. The lowest BCUT2D eigenvalue weighted by Crippen LogP contribution is -2.28. The first-order valence-electron chi connectivity index (χ1n) is 3.69. The van der Waals surface area contributed by atoms with E-state index in [4.69, 9.17) is 0 Å². The van der Waals surface area contributed by atoms with Gasteiger partial charge in [0.25, 0.3) is 0 Å². The molecule has 4 nitrogen and oxygen atoms in total. The van der Waals surface area contributed by atoms with Crippen LogP contribution in [0.3, 0.4) is 0 Å². The second-order valence-corrected chi connectivity index (χ2v) is 2.98. The Morgan fingerprint density at radius 2 is 2.00 bits per heavy atom. The van der Waals surface area contributed by atoms with E-state index in [1.165, 1.54) is 0 Å². The van der Waals surface area contributed by atoms with E-state index in [0.29, 0.717) is 6.54 Å². The molecular formula is C7H13N3O. The van der Waals surface area contributed by atoms with Gasteiger partial charge >= 0.3 is 0 Å². The second-order valence-electron chi connectivity index (χ2n) is 2.98. The molecule has 62 valence electrons. The highest BCUT2D eigenvalue weighted by Crippen LogP contribution is 2.10. The van der Waals surface area contributed by atoms with Crippen LogP contribution in [0.1, 0.15) is 20.3 Å². The van der Waals surface area contributed by atoms with Gasteiger partial charge in [-0.15, -0.1) is 10.2 Å². The van der Waals surface area contributed by atoms with Crippen molar-refractivity contribution in [2.45, 2.75) is 32.4 Å². The standard InChI is InChI=1S/C7H13N3O/c1-3-7(2,11)4-10-5-8-9-6-10/h5-6,11H,3-4H2,1-2H3. The Labute approximate surface area is 65.9 Å². The van der Waals surface area contributed by atoms with Crippen molar-refractivity contribution in [3.8, 4) is 0 Å². The molecule has 1 aromatic rings. The molecule has 0 fully saturated rings. The maximum Gasteiger partial charge on any atom is 0.119 e. The fourth-order valence-corrected chi connectivity index (χ4v) is 0.809. The summed E-state index contributed by atoms with van der Waals surface area (Å²) in [5, 5.41) is 16.9. The van der Waals surface area contributed by atoms with E-state index in [1.807, 2.05) is 6.92 Å². The van der Waals surface area contributed by atoms with E-state index in [-0.39, 0.29) is 0 Å². The molecule has 0 aliphatic heterocycles. The molecule has 1 rings (SSSR count). The first-order valence-corrected chi connectivity index (χ1v) is 3.69. The Bertz CT molecular complexity index is 205. The third-order valence-corrected chi connectivity index (χ3v) is 1.75. The molecule has 1 N–H and O–H groups in total. The van der Waals surface area contributed by atoms with E-state index in [1.54, 1.807) is 24.1 Å². The highest BCUT2D eigenvalue weighted by molar-refractivity contribution is 4.73. The first-order chi connectivity index (χ1) is 5.14. The average Bonchev–Trinajstić information content (AvgIpc) is 2.39. The van der Waals surface area contributed by atoms with Gasteiger partial charge < -0.3 is 9.67 Å².